The van der Waals surface area contributed by atoms with Gasteiger partial charge in [-0.1, -0.05) is 66.7 Å². The van der Waals surface area contributed by atoms with E-state index in [0.717, 1.165) is 11.1 Å². The lowest BCUT2D eigenvalue weighted by atomic mass is 10.1. The van der Waals surface area contributed by atoms with Gasteiger partial charge >= 0.3 is 0 Å². The van der Waals surface area contributed by atoms with Crippen LogP contribution in [0.2, 0.25) is 0 Å². The molecule has 4 heteroatoms. The summed E-state index contributed by atoms with van der Waals surface area (Å²) >= 11 is 0. The van der Waals surface area contributed by atoms with Gasteiger partial charge < -0.3 is 19.7 Å². The van der Waals surface area contributed by atoms with Gasteiger partial charge in [-0.05, 0) is 28.8 Å². The van der Waals surface area contributed by atoms with Crippen molar-refractivity contribution in [3.8, 4) is 11.5 Å². The first-order valence-corrected chi connectivity index (χ1v) is 8.07. The van der Waals surface area contributed by atoms with Crippen LogP contribution >= 0.6 is 0 Å². The van der Waals surface area contributed by atoms with E-state index in [1.54, 1.807) is 12.1 Å². The van der Waals surface area contributed by atoms with E-state index in [4.69, 9.17) is 16.3 Å². The first kappa shape index (κ1) is 12.5. The van der Waals surface area contributed by atoms with Crippen molar-refractivity contribution >= 4 is 0 Å². The first-order valence-electron chi connectivity index (χ1n) is 10.6. The van der Waals surface area contributed by atoms with Crippen molar-refractivity contribution in [1.29, 1.82) is 0 Å². The second kappa shape index (κ2) is 9.04. The van der Waals surface area contributed by atoms with E-state index in [2.05, 4.69) is 0 Å². The summed E-state index contributed by atoms with van der Waals surface area (Å²) < 4.78 is 51.2. The highest BCUT2D eigenvalue weighted by molar-refractivity contribution is 5.44. The molecule has 0 amide bonds. The topological polar surface area (TPSA) is 58.9 Å². The lowest BCUT2D eigenvalue weighted by Gasteiger charge is -2.16. The molecule has 3 aromatic carbocycles. The van der Waals surface area contributed by atoms with Crippen molar-refractivity contribution in [2.24, 2.45) is 0 Å². The van der Waals surface area contributed by atoms with Gasteiger partial charge in [0.15, 0.2) is 11.5 Å². The average Bonchev–Trinajstić information content (AvgIpc) is 2.75. The number of benzene rings is 3. The molecule has 0 bridgehead atoms. The number of hydrogen-bond acceptors (Lipinski definition) is 4. The van der Waals surface area contributed by atoms with Gasteiger partial charge in [0, 0.05) is 0 Å². The van der Waals surface area contributed by atoms with Crippen LogP contribution in [0.15, 0.2) is 78.8 Å². The van der Waals surface area contributed by atoms with E-state index in [1.165, 1.54) is 0 Å². The summed E-state index contributed by atoms with van der Waals surface area (Å²) in [4.78, 5) is 0. The van der Waals surface area contributed by atoms with E-state index in [9.17, 15) is 10.2 Å². The Morgan fingerprint density at radius 1 is 0.846 bits per heavy atom. The van der Waals surface area contributed by atoms with Crippen molar-refractivity contribution in [1.82, 2.24) is 0 Å². The summed E-state index contributed by atoms with van der Waals surface area (Å²) in [5.41, 5.74) is 1.02. The zero-order chi connectivity index (χ0) is 22.6. The van der Waals surface area contributed by atoms with Gasteiger partial charge in [-0.3, -0.25) is 0 Å². The second-order valence-corrected chi connectivity index (χ2v) is 5.53. The predicted octanol–water partition coefficient (Wildman–Crippen LogP) is 3.87. The average molecular weight is 355 g/mol. The number of hydrogen-bond donors (Lipinski definition) is 2. The number of ether oxygens (including phenoxy) is 2. The molecule has 0 aliphatic carbocycles. The van der Waals surface area contributed by atoms with Crippen LogP contribution in [0.3, 0.4) is 0 Å². The SMILES string of the molecule is [2H]c1c([2H])c(C(O)C([2H])([2H])O)c([2H])c(OCc2ccccc2)c1OCc1ccccc1. The highest BCUT2D eigenvalue weighted by atomic mass is 16.5. The molecule has 0 aliphatic rings. The van der Waals surface area contributed by atoms with Crippen LogP contribution in [0.25, 0.3) is 0 Å². The smallest absolute Gasteiger partial charge is 0.162 e. The second-order valence-electron chi connectivity index (χ2n) is 5.53. The number of aliphatic hydroxyl groups is 2. The normalized spacial score (nSPS) is 15.1. The molecule has 26 heavy (non-hydrogen) atoms. The maximum Gasteiger partial charge on any atom is 0.162 e. The van der Waals surface area contributed by atoms with Crippen LogP contribution in [0.5, 0.6) is 11.5 Å². The molecule has 0 fully saturated rings. The molecule has 1 unspecified atom stereocenters. The summed E-state index contributed by atoms with van der Waals surface area (Å²) in [6.07, 6.45) is -2.21. The largest absolute Gasteiger partial charge is 0.485 e. The van der Waals surface area contributed by atoms with E-state index >= 15 is 0 Å². The van der Waals surface area contributed by atoms with Crippen molar-refractivity contribution in [2.45, 2.75) is 19.3 Å². The Bertz CT molecular complexity index is 1020. The van der Waals surface area contributed by atoms with Crippen molar-refractivity contribution < 1.29 is 26.5 Å². The molecular weight excluding hydrogens is 328 g/mol. The van der Waals surface area contributed by atoms with E-state index < -0.39 is 36.4 Å². The van der Waals surface area contributed by atoms with Gasteiger partial charge in [-0.25, -0.2) is 0 Å². The summed E-state index contributed by atoms with van der Waals surface area (Å²) in [5, 5.41) is 19.8. The van der Waals surface area contributed by atoms with E-state index in [1.807, 2.05) is 48.5 Å². The molecule has 4 nitrogen and oxygen atoms in total. The molecule has 0 aliphatic heterocycles. The van der Waals surface area contributed by atoms with Crippen molar-refractivity contribution in [3.63, 3.8) is 0 Å². The molecule has 1 atom stereocenters. The van der Waals surface area contributed by atoms with E-state index in [0.29, 0.717) is 0 Å². The summed E-state index contributed by atoms with van der Waals surface area (Å²) in [5.74, 6) is -0.372. The van der Waals surface area contributed by atoms with Crippen LogP contribution in [-0.4, -0.2) is 16.8 Å². The maximum absolute atomic E-state index is 10.2. The van der Waals surface area contributed by atoms with Crippen LogP contribution in [0, 0.1) is 0 Å². The first-order chi connectivity index (χ1) is 14.7. The fourth-order valence-electron chi connectivity index (χ4n) is 2.26. The Balaban J connectivity index is 2.04. The number of aliphatic hydroxyl groups excluding tert-OH is 1. The highest BCUT2D eigenvalue weighted by Gasteiger charge is 2.12. The molecule has 2 N–H and O–H groups in total. The van der Waals surface area contributed by atoms with Gasteiger partial charge in [-0.2, -0.15) is 0 Å². The van der Waals surface area contributed by atoms with Gasteiger partial charge in [0.25, 0.3) is 0 Å². The van der Waals surface area contributed by atoms with Gasteiger partial charge in [0.2, 0.25) is 0 Å². The van der Waals surface area contributed by atoms with Crippen LogP contribution in [0.1, 0.15) is 29.6 Å². The number of rotatable bonds is 8. The lowest BCUT2D eigenvalue weighted by molar-refractivity contribution is 0.0952. The fraction of sp³-hybridized carbons (Fsp3) is 0.182. The molecule has 0 heterocycles. The Kier molecular flexibility index (Phi) is 4.35. The fourth-order valence-corrected chi connectivity index (χ4v) is 2.26. The van der Waals surface area contributed by atoms with Gasteiger partial charge in [0.1, 0.15) is 19.3 Å². The Morgan fingerprint density at radius 3 is 1.92 bits per heavy atom. The third kappa shape index (κ3) is 4.85. The summed E-state index contributed by atoms with van der Waals surface area (Å²) in [7, 11) is 0. The zero-order valence-corrected chi connectivity index (χ0v) is 14.0. The summed E-state index contributed by atoms with van der Waals surface area (Å²) in [6.45, 7) is -3.04. The molecule has 0 radical (unpaired) electrons. The molecule has 3 aromatic rings. The molecular formula is C22H22O4. The van der Waals surface area contributed by atoms with Crippen LogP contribution in [0.4, 0.5) is 0 Å². The summed E-state index contributed by atoms with van der Waals surface area (Å²) in [6, 6.07) is 16.6. The van der Waals surface area contributed by atoms with Crippen LogP contribution in [-0.2, 0) is 13.2 Å². The lowest BCUT2D eigenvalue weighted by Crippen LogP contribution is -2.05. The molecule has 0 saturated carbocycles. The van der Waals surface area contributed by atoms with Gasteiger partial charge in [-0.15, -0.1) is 0 Å². The van der Waals surface area contributed by atoms with Crippen molar-refractivity contribution in [3.05, 3.63) is 95.5 Å². The molecule has 0 aromatic heterocycles. The standard InChI is InChI=1S/C22H22O4/c23-14-20(24)19-11-12-21(25-15-17-7-3-1-4-8-17)22(13-19)26-16-18-9-5-2-6-10-18/h1-13,20,23-24H,14-16H2/i11D,12D,13D,14D2. The third-order valence-corrected chi connectivity index (χ3v) is 3.61. The van der Waals surface area contributed by atoms with E-state index in [-0.39, 0.29) is 24.7 Å². The van der Waals surface area contributed by atoms with Crippen molar-refractivity contribution in [2.75, 3.05) is 6.56 Å². The predicted molar refractivity (Wildman–Crippen MR) is 100 cm³/mol. The van der Waals surface area contributed by atoms with Crippen LogP contribution < -0.4 is 9.47 Å². The molecule has 0 spiro atoms. The minimum Gasteiger partial charge on any atom is -0.485 e. The monoisotopic (exact) mass is 355 g/mol. The molecule has 0 saturated heterocycles. The third-order valence-electron chi connectivity index (χ3n) is 3.61. The maximum atomic E-state index is 10.2. The Morgan fingerprint density at radius 2 is 1.38 bits per heavy atom. The zero-order valence-electron chi connectivity index (χ0n) is 19.0. The quantitative estimate of drug-likeness (QED) is 0.644. The minimum absolute atomic E-state index is 0.0206. The molecule has 134 valence electrons. The van der Waals surface area contributed by atoms with Gasteiger partial charge in [0.05, 0.1) is 13.4 Å². The minimum atomic E-state index is -3.11. The Labute approximate surface area is 160 Å². The molecule has 3 rings (SSSR count). The Hall–Kier alpha value is -2.82. The highest BCUT2D eigenvalue weighted by Crippen LogP contribution is 2.32.